The van der Waals surface area contributed by atoms with E-state index >= 15 is 0 Å². The van der Waals surface area contributed by atoms with Gasteiger partial charge in [-0.2, -0.15) is 13.2 Å². The maximum Gasteiger partial charge on any atom is 0.417 e. The van der Waals surface area contributed by atoms with Crippen LogP contribution in [0.25, 0.3) is 0 Å². The van der Waals surface area contributed by atoms with Gasteiger partial charge in [-0.25, -0.2) is 0 Å². The van der Waals surface area contributed by atoms with Crippen LogP contribution in [0.15, 0.2) is 18.3 Å². The van der Waals surface area contributed by atoms with Crippen LogP contribution >= 0.6 is 0 Å². The second-order valence-electron chi connectivity index (χ2n) is 4.69. The first-order valence-corrected chi connectivity index (χ1v) is 6.66. The Hall–Kier alpha value is -1.10. The minimum absolute atomic E-state index is 0.309. The van der Waals surface area contributed by atoms with E-state index < -0.39 is 17.8 Å². The van der Waals surface area contributed by atoms with Crippen LogP contribution in [0.2, 0.25) is 0 Å². The molecule has 0 fully saturated rings. The van der Waals surface area contributed by atoms with Gasteiger partial charge in [0.25, 0.3) is 0 Å². The summed E-state index contributed by atoms with van der Waals surface area (Å²) in [6.45, 7) is 2.13. The Bertz CT molecular complexity index is 362. The van der Waals surface area contributed by atoms with E-state index in [1.54, 1.807) is 0 Å². The second-order valence-corrected chi connectivity index (χ2v) is 4.69. The third-order valence-electron chi connectivity index (χ3n) is 3.04. The zero-order valence-electron chi connectivity index (χ0n) is 11.1. The van der Waals surface area contributed by atoms with Crippen LogP contribution in [-0.4, -0.2) is 10.1 Å². The molecule has 1 rings (SSSR count). The summed E-state index contributed by atoms with van der Waals surface area (Å²) in [5, 5.41) is 9.83. The van der Waals surface area contributed by atoms with Crippen molar-refractivity contribution in [2.75, 3.05) is 0 Å². The van der Waals surface area contributed by atoms with E-state index in [9.17, 15) is 18.3 Å². The van der Waals surface area contributed by atoms with Crippen molar-refractivity contribution in [3.05, 3.63) is 29.6 Å². The van der Waals surface area contributed by atoms with Gasteiger partial charge in [-0.15, -0.1) is 0 Å². The molecule has 0 aromatic carbocycles. The highest BCUT2D eigenvalue weighted by Crippen LogP contribution is 2.29. The molecule has 0 saturated heterocycles. The lowest BCUT2D eigenvalue weighted by molar-refractivity contribution is -0.137. The Morgan fingerprint density at radius 2 is 1.84 bits per heavy atom. The van der Waals surface area contributed by atoms with Gasteiger partial charge in [0.05, 0.1) is 17.4 Å². The molecule has 1 N–H and O–H groups in total. The molecule has 0 bridgehead atoms. The normalized spacial score (nSPS) is 13.5. The number of hydrogen-bond acceptors (Lipinski definition) is 2. The molecule has 0 aliphatic rings. The molecule has 108 valence electrons. The van der Waals surface area contributed by atoms with E-state index in [0.717, 1.165) is 37.9 Å². The number of hydrogen-bond donors (Lipinski definition) is 1. The predicted octanol–water partition coefficient (Wildman–Crippen LogP) is 4.49. The number of unbranched alkanes of at least 4 members (excludes halogenated alkanes) is 4. The van der Waals surface area contributed by atoms with Crippen molar-refractivity contribution in [3.8, 4) is 0 Å². The fraction of sp³-hybridized carbons (Fsp3) is 0.643. The van der Waals surface area contributed by atoms with E-state index in [1.807, 2.05) is 0 Å². The van der Waals surface area contributed by atoms with Gasteiger partial charge in [0.1, 0.15) is 0 Å². The van der Waals surface area contributed by atoms with Gasteiger partial charge in [-0.3, -0.25) is 4.98 Å². The molecular formula is C14H20F3NO. The molecule has 19 heavy (non-hydrogen) atoms. The van der Waals surface area contributed by atoms with Crippen LogP contribution in [0.1, 0.15) is 62.8 Å². The van der Waals surface area contributed by atoms with Crippen LogP contribution in [-0.2, 0) is 6.18 Å². The number of halogens is 3. The van der Waals surface area contributed by atoms with Crippen LogP contribution in [0.5, 0.6) is 0 Å². The number of pyridine rings is 1. The largest absolute Gasteiger partial charge is 0.417 e. The van der Waals surface area contributed by atoms with Gasteiger partial charge < -0.3 is 5.11 Å². The van der Waals surface area contributed by atoms with E-state index in [4.69, 9.17) is 0 Å². The van der Waals surface area contributed by atoms with Crippen molar-refractivity contribution >= 4 is 0 Å². The molecule has 0 spiro atoms. The molecule has 1 atom stereocenters. The summed E-state index contributed by atoms with van der Waals surface area (Å²) in [5.41, 5.74) is -0.477. The van der Waals surface area contributed by atoms with Crippen molar-refractivity contribution < 1.29 is 18.3 Å². The summed E-state index contributed by atoms with van der Waals surface area (Å²) in [6, 6.07) is 2.21. The third-order valence-corrected chi connectivity index (χ3v) is 3.04. The summed E-state index contributed by atoms with van der Waals surface area (Å²) in [5.74, 6) is 0. The van der Waals surface area contributed by atoms with Crippen LogP contribution < -0.4 is 0 Å². The summed E-state index contributed by atoms with van der Waals surface area (Å²) >= 11 is 0. The molecule has 1 aromatic rings. The van der Waals surface area contributed by atoms with E-state index in [0.29, 0.717) is 12.1 Å². The minimum atomic E-state index is -4.38. The average molecular weight is 275 g/mol. The molecule has 0 saturated carbocycles. The molecule has 1 heterocycles. The van der Waals surface area contributed by atoms with Crippen molar-refractivity contribution in [2.24, 2.45) is 0 Å². The SMILES string of the molecule is CCCCCCCC(O)c1ccc(C(F)(F)F)cn1. The Morgan fingerprint density at radius 3 is 2.37 bits per heavy atom. The van der Waals surface area contributed by atoms with Crippen LogP contribution in [0.4, 0.5) is 13.2 Å². The Kier molecular flexibility index (Phi) is 6.28. The first-order chi connectivity index (χ1) is 8.95. The first-order valence-electron chi connectivity index (χ1n) is 6.66. The van der Waals surface area contributed by atoms with E-state index in [-0.39, 0.29) is 0 Å². The zero-order valence-corrected chi connectivity index (χ0v) is 11.1. The molecule has 0 radical (unpaired) electrons. The summed E-state index contributed by atoms with van der Waals surface area (Å²) < 4.78 is 37.0. The zero-order chi connectivity index (χ0) is 14.3. The van der Waals surface area contributed by atoms with Gasteiger partial charge in [0.15, 0.2) is 0 Å². The molecule has 1 unspecified atom stereocenters. The number of aliphatic hydroxyl groups is 1. The quantitative estimate of drug-likeness (QED) is 0.743. The van der Waals surface area contributed by atoms with Crippen molar-refractivity contribution in [1.82, 2.24) is 4.98 Å². The first kappa shape index (κ1) is 16.0. The molecule has 2 nitrogen and oxygen atoms in total. The molecule has 5 heteroatoms. The maximum absolute atomic E-state index is 12.3. The number of alkyl halides is 3. The number of aliphatic hydroxyl groups excluding tert-OH is 1. The van der Waals surface area contributed by atoms with Crippen molar-refractivity contribution in [3.63, 3.8) is 0 Å². The topological polar surface area (TPSA) is 33.1 Å². The summed E-state index contributed by atoms with van der Waals surface area (Å²) in [7, 11) is 0. The minimum Gasteiger partial charge on any atom is -0.387 e. The maximum atomic E-state index is 12.3. The molecule has 0 amide bonds. The smallest absolute Gasteiger partial charge is 0.387 e. The highest BCUT2D eigenvalue weighted by atomic mass is 19.4. The molecule has 0 aliphatic carbocycles. The van der Waals surface area contributed by atoms with Crippen molar-refractivity contribution in [2.45, 2.75) is 57.7 Å². The number of rotatable bonds is 7. The van der Waals surface area contributed by atoms with Crippen molar-refractivity contribution in [1.29, 1.82) is 0 Å². The standard InChI is InChI=1S/C14H20F3NO/c1-2-3-4-5-6-7-13(19)12-9-8-11(10-18-12)14(15,16)17/h8-10,13,19H,2-7H2,1H3. The van der Waals surface area contributed by atoms with Gasteiger partial charge in [-0.05, 0) is 18.6 Å². The average Bonchev–Trinajstić information content (AvgIpc) is 2.37. The fourth-order valence-corrected chi connectivity index (χ4v) is 1.86. The van der Waals surface area contributed by atoms with E-state index in [2.05, 4.69) is 11.9 Å². The predicted molar refractivity (Wildman–Crippen MR) is 67.6 cm³/mol. The van der Waals surface area contributed by atoms with Gasteiger partial charge in [0, 0.05) is 6.20 Å². The second kappa shape index (κ2) is 7.48. The third kappa shape index (κ3) is 5.59. The number of nitrogens with zero attached hydrogens (tertiary/aromatic N) is 1. The Balaban J connectivity index is 2.42. The Morgan fingerprint density at radius 1 is 1.16 bits per heavy atom. The fourth-order valence-electron chi connectivity index (χ4n) is 1.86. The van der Waals surface area contributed by atoms with E-state index in [1.165, 1.54) is 12.5 Å². The Labute approximate surface area is 111 Å². The highest BCUT2D eigenvalue weighted by molar-refractivity contribution is 5.18. The molecule has 0 aliphatic heterocycles. The molecule has 1 aromatic heterocycles. The lowest BCUT2D eigenvalue weighted by Gasteiger charge is -2.11. The van der Waals surface area contributed by atoms with Gasteiger partial charge in [0.2, 0.25) is 0 Å². The lowest BCUT2D eigenvalue weighted by atomic mass is 10.1. The summed E-state index contributed by atoms with van der Waals surface area (Å²) in [6.07, 6.45) is 1.52. The number of aromatic nitrogens is 1. The van der Waals surface area contributed by atoms with Gasteiger partial charge >= 0.3 is 6.18 Å². The lowest BCUT2D eigenvalue weighted by Crippen LogP contribution is -2.07. The summed E-state index contributed by atoms with van der Waals surface area (Å²) in [4.78, 5) is 3.69. The van der Waals surface area contributed by atoms with Crippen LogP contribution in [0, 0.1) is 0 Å². The highest BCUT2D eigenvalue weighted by Gasteiger charge is 2.30. The van der Waals surface area contributed by atoms with Crippen LogP contribution in [0.3, 0.4) is 0 Å². The monoisotopic (exact) mass is 275 g/mol. The molecular weight excluding hydrogens is 255 g/mol. The van der Waals surface area contributed by atoms with Gasteiger partial charge in [-0.1, -0.05) is 39.0 Å².